The number of nitrogens with zero attached hydrogens (tertiary/aromatic N) is 6. The van der Waals surface area contributed by atoms with E-state index in [-0.39, 0.29) is 11.9 Å². The largest absolute Gasteiger partial charge is 0.494 e. The van der Waals surface area contributed by atoms with E-state index < -0.39 is 32.9 Å². The van der Waals surface area contributed by atoms with Crippen LogP contribution in [-0.2, 0) is 14.8 Å². The van der Waals surface area contributed by atoms with Gasteiger partial charge in [-0.1, -0.05) is 24.6 Å². The molecule has 13 nitrogen and oxygen atoms in total. The molecule has 0 radical (unpaired) electrons. The fraction of sp³-hybridized carbons (Fsp3) is 0.519. The van der Waals surface area contributed by atoms with E-state index in [0.717, 1.165) is 0 Å². The lowest BCUT2D eigenvalue weighted by molar-refractivity contribution is 0.0292. The summed E-state index contributed by atoms with van der Waals surface area (Å²) in [6.45, 7) is 9.44. The SMILES string of the molecule is COc1cccc(OC)c1-n1c(NS(=O)(=O)C(C)C(C)c2ncc(Cl)cn2)nnc1[C@@H]1CCN(C(=O)OC(C)(C)C)C1. The van der Waals surface area contributed by atoms with Crippen LogP contribution in [0.3, 0.4) is 0 Å². The molecule has 1 saturated heterocycles. The molecule has 1 fully saturated rings. The maximum atomic E-state index is 13.7. The minimum absolute atomic E-state index is 0.0559. The van der Waals surface area contributed by atoms with Crippen molar-refractivity contribution in [3.63, 3.8) is 0 Å². The van der Waals surface area contributed by atoms with Gasteiger partial charge in [0.25, 0.3) is 0 Å². The Balaban J connectivity index is 1.73. The molecule has 3 heterocycles. The molecule has 42 heavy (non-hydrogen) atoms. The van der Waals surface area contributed by atoms with E-state index in [9.17, 15) is 13.2 Å². The number of para-hydroxylation sites is 1. The average Bonchev–Trinajstić information content (AvgIpc) is 3.58. The lowest BCUT2D eigenvalue weighted by atomic mass is 10.1. The summed E-state index contributed by atoms with van der Waals surface area (Å²) in [5, 5.41) is 8.06. The van der Waals surface area contributed by atoms with Gasteiger partial charge in [-0.15, -0.1) is 10.2 Å². The molecule has 1 aromatic carbocycles. The number of likely N-dealkylation sites (tertiary alicyclic amines) is 1. The van der Waals surface area contributed by atoms with Gasteiger partial charge in [0.1, 0.15) is 34.4 Å². The number of nitrogens with one attached hydrogen (secondary N) is 1. The topological polar surface area (TPSA) is 151 Å². The zero-order chi connectivity index (χ0) is 30.8. The molecule has 1 amide bonds. The molecule has 2 aromatic heterocycles. The first-order valence-electron chi connectivity index (χ1n) is 13.4. The monoisotopic (exact) mass is 621 g/mol. The van der Waals surface area contributed by atoms with Gasteiger partial charge in [0.2, 0.25) is 16.0 Å². The molecular weight excluding hydrogens is 586 g/mol. The number of hydrogen-bond donors (Lipinski definition) is 1. The smallest absolute Gasteiger partial charge is 0.410 e. The van der Waals surface area contributed by atoms with Crippen molar-refractivity contribution in [2.75, 3.05) is 32.0 Å². The van der Waals surface area contributed by atoms with Crippen molar-refractivity contribution < 1.29 is 27.4 Å². The van der Waals surface area contributed by atoms with Gasteiger partial charge in [0, 0.05) is 37.3 Å². The van der Waals surface area contributed by atoms with Crippen molar-refractivity contribution in [2.45, 2.75) is 63.7 Å². The van der Waals surface area contributed by atoms with Crippen molar-refractivity contribution in [3.05, 3.63) is 47.3 Å². The van der Waals surface area contributed by atoms with Crippen LogP contribution in [0.4, 0.5) is 10.7 Å². The molecule has 2 unspecified atom stereocenters. The molecule has 3 aromatic rings. The Hall–Kier alpha value is -3.65. The highest BCUT2D eigenvalue weighted by molar-refractivity contribution is 7.93. The minimum atomic E-state index is -4.05. The molecule has 4 rings (SSSR count). The number of benzene rings is 1. The maximum absolute atomic E-state index is 13.7. The molecule has 0 bridgehead atoms. The highest BCUT2D eigenvalue weighted by Gasteiger charge is 2.37. The van der Waals surface area contributed by atoms with Gasteiger partial charge in [-0.05, 0) is 46.2 Å². The predicted molar refractivity (Wildman–Crippen MR) is 157 cm³/mol. The number of hydrogen-bond acceptors (Lipinski definition) is 10. The summed E-state index contributed by atoms with van der Waals surface area (Å²) in [4.78, 5) is 22.8. The molecule has 0 saturated carbocycles. The summed E-state index contributed by atoms with van der Waals surface area (Å²) in [5.74, 6) is 0.676. The fourth-order valence-electron chi connectivity index (χ4n) is 4.62. The van der Waals surface area contributed by atoms with E-state index in [4.69, 9.17) is 25.8 Å². The van der Waals surface area contributed by atoms with Gasteiger partial charge >= 0.3 is 6.09 Å². The van der Waals surface area contributed by atoms with Crippen LogP contribution in [0, 0.1) is 0 Å². The normalized spacial score (nSPS) is 17.0. The van der Waals surface area contributed by atoms with Crippen LogP contribution in [-0.4, -0.2) is 82.3 Å². The second-order valence-corrected chi connectivity index (χ2v) is 13.5. The summed E-state index contributed by atoms with van der Waals surface area (Å²) < 4.78 is 48.4. The average molecular weight is 622 g/mol. The van der Waals surface area contributed by atoms with Crippen LogP contribution in [0.5, 0.6) is 11.5 Å². The second-order valence-electron chi connectivity index (χ2n) is 11.0. The standard InChI is InChI=1S/C27H36ClN7O6S/c1-16(23-29-13-19(28)14-30-23)17(2)42(37,38)33-25-32-31-24(18-11-12-34(15-18)26(36)41-27(3,4)5)35(25)22-20(39-6)9-8-10-21(22)40-7/h8-10,13-14,16-18H,11-12,15H2,1-7H3,(H,32,33)/t16?,17?,18-/m1/s1. The number of methoxy groups -OCH3 is 2. The van der Waals surface area contributed by atoms with E-state index in [1.165, 1.54) is 26.6 Å². The van der Waals surface area contributed by atoms with Crippen molar-refractivity contribution in [1.82, 2.24) is 29.6 Å². The first-order chi connectivity index (χ1) is 19.8. The molecule has 228 valence electrons. The van der Waals surface area contributed by atoms with Gasteiger partial charge in [-0.3, -0.25) is 9.29 Å². The van der Waals surface area contributed by atoms with Gasteiger partial charge in [0.15, 0.2) is 0 Å². The Morgan fingerprint density at radius 3 is 2.29 bits per heavy atom. The minimum Gasteiger partial charge on any atom is -0.494 e. The van der Waals surface area contributed by atoms with Crippen molar-refractivity contribution in [1.29, 1.82) is 0 Å². The quantitative estimate of drug-likeness (QED) is 0.364. The lowest BCUT2D eigenvalue weighted by Gasteiger charge is -2.24. The Morgan fingerprint density at radius 1 is 1.10 bits per heavy atom. The van der Waals surface area contributed by atoms with Crippen LogP contribution in [0.1, 0.15) is 64.5 Å². The highest BCUT2D eigenvalue weighted by Crippen LogP contribution is 2.39. The van der Waals surface area contributed by atoms with Crippen LogP contribution in [0.2, 0.25) is 5.02 Å². The molecule has 1 aliphatic heterocycles. The maximum Gasteiger partial charge on any atom is 0.410 e. The molecule has 0 aliphatic carbocycles. The second kappa shape index (κ2) is 12.3. The van der Waals surface area contributed by atoms with Gasteiger partial charge in [0.05, 0.1) is 24.5 Å². The number of carbonyl (C=O) groups excluding carboxylic acids is 1. The fourth-order valence-corrected chi connectivity index (χ4v) is 5.95. The van der Waals surface area contributed by atoms with E-state index >= 15 is 0 Å². The van der Waals surface area contributed by atoms with Crippen molar-refractivity contribution >= 4 is 33.7 Å². The third kappa shape index (κ3) is 6.70. The lowest BCUT2D eigenvalue weighted by Crippen LogP contribution is -2.35. The van der Waals surface area contributed by atoms with E-state index in [2.05, 4.69) is 24.9 Å². The Kier molecular flexibility index (Phi) is 9.16. The van der Waals surface area contributed by atoms with Crippen LogP contribution < -0.4 is 14.2 Å². The van der Waals surface area contributed by atoms with Crippen LogP contribution >= 0.6 is 11.6 Å². The first-order valence-corrected chi connectivity index (χ1v) is 15.3. The molecule has 3 atom stereocenters. The van der Waals surface area contributed by atoms with Gasteiger partial charge in [-0.25, -0.2) is 23.2 Å². The number of ether oxygens (including phenoxy) is 3. The Bertz CT molecular complexity index is 1500. The number of carbonyl (C=O) groups is 1. The van der Waals surface area contributed by atoms with Crippen molar-refractivity contribution in [2.24, 2.45) is 0 Å². The molecule has 1 aliphatic rings. The molecule has 0 spiro atoms. The summed E-state index contributed by atoms with van der Waals surface area (Å²) in [5.41, 5.74) is -0.228. The Labute approximate surface area is 250 Å². The van der Waals surface area contributed by atoms with Crippen LogP contribution in [0.25, 0.3) is 5.69 Å². The summed E-state index contributed by atoms with van der Waals surface area (Å²) in [7, 11) is -1.04. The van der Waals surface area contributed by atoms with Crippen molar-refractivity contribution in [3.8, 4) is 17.2 Å². The third-order valence-electron chi connectivity index (χ3n) is 6.99. The zero-order valence-electron chi connectivity index (χ0n) is 24.7. The number of anilines is 1. The summed E-state index contributed by atoms with van der Waals surface area (Å²) in [6, 6.07) is 5.21. The number of amides is 1. The van der Waals surface area contributed by atoms with E-state index in [0.29, 0.717) is 53.4 Å². The molecular formula is C27H36ClN7O6S. The molecule has 1 N–H and O–H groups in total. The number of aromatic nitrogens is 5. The van der Waals surface area contributed by atoms with Crippen LogP contribution in [0.15, 0.2) is 30.6 Å². The summed E-state index contributed by atoms with van der Waals surface area (Å²) in [6.07, 6.45) is 2.97. The molecule has 15 heteroatoms. The Morgan fingerprint density at radius 2 is 1.71 bits per heavy atom. The van der Waals surface area contributed by atoms with Gasteiger partial charge < -0.3 is 19.1 Å². The predicted octanol–water partition coefficient (Wildman–Crippen LogP) is 4.39. The highest BCUT2D eigenvalue weighted by atomic mass is 35.5. The first kappa shape index (κ1) is 31.3. The van der Waals surface area contributed by atoms with Gasteiger partial charge in [-0.2, -0.15) is 0 Å². The number of rotatable bonds is 9. The number of sulfonamides is 1. The zero-order valence-corrected chi connectivity index (χ0v) is 26.2. The van der Waals surface area contributed by atoms with E-state index in [1.54, 1.807) is 41.5 Å². The van der Waals surface area contributed by atoms with E-state index in [1.807, 2.05) is 20.8 Å². The third-order valence-corrected chi connectivity index (χ3v) is 9.04. The number of halogens is 1. The summed E-state index contributed by atoms with van der Waals surface area (Å²) >= 11 is 5.91.